The standard InChI is InChI=1S/C18H17BrN2O3S/c1-25(23,24)21-9-7-13-10-14(3-5-16(13)21)18(22)20-8-6-12-2-4-15(19)11-17(12)20/h2-5,10-11H,6-9H2,1H3. The summed E-state index contributed by atoms with van der Waals surface area (Å²) in [5, 5.41) is 0. The average molecular weight is 421 g/mol. The van der Waals surface area contributed by atoms with E-state index in [0.717, 1.165) is 22.1 Å². The number of fused-ring (bicyclic) bond motifs is 2. The maximum Gasteiger partial charge on any atom is 0.258 e. The average Bonchev–Trinajstić information content (AvgIpc) is 3.16. The molecule has 2 aromatic rings. The quantitative estimate of drug-likeness (QED) is 0.749. The predicted molar refractivity (Wildman–Crippen MR) is 102 cm³/mol. The molecule has 0 saturated heterocycles. The van der Waals surface area contributed by atoms with Gasteiger partial charge >= 0.3 is 0 Å². The normalized spacial score (nSPS) is 16.1. The van der Waals surface area contributed by atoms with Crippen molar-refractivity contribution in [3.63, 3.8) is 0 Å². The van der Waals surface area contributed by atoms with E-state index in [-0.39, 0.29) is 5.91 Å². The second-order valence-electron chi connectivity index (χ2n) is 6.41. The largest absolute Gasteiger partial charge is 0.308 e. The Bertz CT molecular complexity index is 988. The third-order valence-electron chi connectivity index (χ3n) is 4.77. The molecule has 0 bridgehead atoms. The Labute approximate surface area is 155 Å². The predicted octanol–water partition coefficient (Wildman–Crippen LogP) is 2.97. The van der Waals surface area contributed by atoms with Crippen LogP contribution in [0.5, 0.6) is 0 Å². The molecule has 2 aromatic carbocycles. The number of halogens is 1. The van der Waals surface area contributed by atoms with Gasteiger partial charge in [-0.05, 0) is 54.3 Å². The molecule has 0 aliphatic carbocycles. The van der Waals surface area contributed by atoms with Crippen molar-refractivity contribution in [3.05, 3.63) is 57.6 Å². The SMILES string of the molecule is CS(=O)(=O)N1CCc2cc(C(=O)N3CCc4ccc(Br)cc43)ccc21. The Morgan fingerprint density at radius 2 is 1.76 bits per heavy atom. The van der Waals surface area contributed by atoms with E-state index in [2.05, 4.69) is 15.9 Å². The molecule has 0 radical (unpaired) electrons. The van der Waals surface area contributed by atoms with Crippen molar-refractivity contribution in [3.8, 4) is 0 Å². The molecule has 4 rings (SSSR count). The number of carbonyl (C=O) groups is 1. The van der Waals surface area contributed by atoms with Crippen molar-refractivity contribution in [2.45, 2.75) is 12.8 Å². The highest BCUT2D eigenvalue weighted by Gasteiger charge is 2.29. The molecule has 0 spiro atoms. The first-order valence-electron chi connectivity index (χ1n) is 8.05. The second kappa shape index (κ2) is 5.85. The fourth-order valence-electron chi connectivity index (χ4n) is 3.57. The topological polar surface area (TPSA) is 57.7 Å². The summed E-state index contributed by atoms with van der Waals surface area (Å²) in [6, 6.07) is 11.3. The molecule has 2 aliphatic rings. The monoisotopic (exact) mass is 420 g/mol. The van der Waals surface area contributed by atoms with Gasteiger partial charge in [-0.1, -0.05) is 22.0 Å². The van der Waals surface area contributed by atoms with Gasteiger partial charge in [0.1, 0.15) is 0 Å². The number of carbonyl (C=O) groups excluding carboxylic acids is 1. The molecule has 0 saturated carbocycles. The zero-order valence-electron chi connectivity index (χ0n) is 13.7. The van der Waals surface area contributed by atoms with E-state index in [0.29, 0.717) is 30.8 Å². The highest BCUT2D eigenvalue weighted by molar-refractivity contribution is 9.10. The highest BCUT2D eigenvalue weighted by Crippen LogP contribution is 2.34. The molecule has 0 aromatic heterocycles. The van der Waals surface area contributed by atoms with Gasteiger partial charge in [-0.2, -0.15) is 0 Å². The number of rotatable bonds is 2. The molecule has 2 aliphatic heterocycles. The van der Waals surface area contributed by atoms with Gasteiger partial charge in [0.05, 0.1) is 11.9 Å². The van der Waals surface area contributed by atoms with Gasteiger partial charge in [0.2, 0.25) is 10.0 Å². The number of hydrogen-bond donors (Lipinski definition) is 0. The highest BCUT2D eigenvalue weighted by atomic mass is 79.9. The van der Waals surface area contributed by atoms with Crippen molar-refractivity contribution < 1.29 is 13.2 Å². The minimum Gasteiger partial charge on any atom is -0.308 e. The van der Waals surface area contributed by atoms with Crippen LogP contribution in [-0.4, -0.2) is 33.7 Å². The van der Waals surface area contributed by atoms with Crippen molar-refractivity contribution in [1.29, 1.82) is 0 Å². The van der Waals surface area contributed by atoms with E-state index in [1.807, 2.05) is 24.3 Å². The fourth-order valence-corrected chi connectivity index (χ4v) is 4.88. The van der Waals surface area contributed by atoms with Crippen LogP contribution in [-0.2, 0) is 22.9 Å². The summed E-state index contributed by atoms with van der Waals surface area (Å²) < 4.78 is 26.0. The molecule has 0 atom stereocenters. The van der Waals surface area contributed by atoms with Crippen LogP contribution in [0, 0.1) is 0 Å². The number of hydrogen-bond acceptors (Lipinski definition) is 3. The van der Waals surface area contributed by atoms with Crippen LogP contribution in [0.1, 0.15) is 21.5 Å². The first-order chi connectivity index (χ1) is 11.8. The minimum atomic E-state index is -3.28. The number of amides is 1. The molecular formula is C18H17BrN2O3S. The Balaban J connectivity index is 1.67. The van der Waals surface area contributed by atoms with Gasteiger partial charge in [0, 0.05) is 28.8 Å². The number of nitrogens with zero attached hydrogens (tertiary/aromatic N) is 2. The number of sulfonamides is 1. The van der Waals surface area contributed by atoms with E-state index in [1.165, 1.54) is 16.1 Å². The zero-order chi connectivity index (χ0) is 17.8. The first kappa shape index (κ1) is 16.6. The van der Waals surface area contributed by atoms with Gasteiger partial charge in [0.15, 0.2) is 0 Å². The molecule has 7 heteroatoms. The summed E-state index contributed by atoms with van der Waals surface area (Å²) in [7, 11) is -3.28. The maximum absolute atomic E-state index is 13.0. The van der Waals surface area contributed by atoms with Gasteiger partial charge in [0.25, 0.3) is 5.91 Å². The van der Waals surface area contributed by atoms with E-state index in [1.54, 1.807) is 17.0 Å². The lowest BCUT2D eigenvalue weighted by Crippen LogP contribution is -2.29. The van der Waals surface area contributed by atoms with Crippen molar-refractivity contribution in [2.24, 2.45) is 0 Å². The van der Waals surface area contributed by atoms with E-state index in [4.69, 9.17) is 0 Å². The molecule has 0 fully saturated rings. The van der Waals surface area contributed by atoms with Crippen LogP contribution < -0.4 is 9.21 Å². The molecule has 25 heavy (non-hydrogen) atoms. The third kappa shape index (κ3) is 2.85. The summed E-state index contributed by atoms with van der Waals surface area (Å²) in [6.45, 7) is 1.10. The summed E-state index contributed by atoms with van der Waals surface area (Å²) in [6.07, 6.45) is 2.69. The lowest BCUT2D eigenvalue weighted by atomic mass is 10.1. The van der Waals surface area contributed by atoms with E-state index >= 15 is 0 Å². The van der Waals surface area contributed by atoms with E-state index < -0.39 is 10.0 Å². The van der Waals surface area contributed by atoms with Crippen molar-refractivity contribution in [2.75, 3.05) is 28.6 Å². The molecular weight excluding hydrogens is 404 g/mol. The van der Waals surface area contributed by atoms with Crippen LogP contribution in [0.2, 0.25) is 0 Å². The maximum atomic E-state index is 13.0. The smallest absolute Gasteiger partial charge is 0.258 e. The minimum absolute atomic E-state index is 0.0440. The Morgan fingerprint density at radius 3 is 2.52 bits per heavy atom. The molecule has 0 N–H and O–H groups in total. The van der Waals surface area contributed by atoms with Crippen LogP contribution in [0.3, 0.4) is 0 Å². The van der Waals surface area contributed by atoms with Crippen molar-refractivity contribution in [1.82, 2.24) is 0 Å². The molecule has 130 valence electrons. The van der Waals surface area contributed by atoms with Gasteiger partial charge < -0.3 is 4.90 Å². The lowest BCUT2D eigenvalue weighted by Gasteiger charge is -2.19. The third-order valence-corrected chi connectivity index (χ3v) is 6.44. The molecule has 1 amide bonds. The van der Waals surface area contributed by atoms with Crippen LogP contribution in [0.4, 0.5) is 11.4 Å². The number of anilines is 2. The summed E-state index contributed by atoms with van der Waals surface area (Å²) >= 11 is 3.46. The van der Waals surface area contributed by atoms with Crippen LogP contribution in [0.15, 0.2) is 40.9 Å². The van der Waals surface area contributed by atoms with E-state index in [9.17, 15) is 13.2 Å². The summed E-state index contributed by atoms with van der Waals surface area (Å²) in [5.41, 5.74) is 4.30. The molecule has 2 heterocycles. The van der Waals surface area contributed by atoms with Crippen LogP contribution >= 0.6 is 15.9 Å². The molecule has 0 unspecified atom stereocenters. The number of benzene rings is 2. The van der Waals surface area contributed by atoms with Crippen molar-refractivity contribution >= 4 is 43.2 Å². The zero-order valence-corrected chi connectivity index (χ0v) is 16.1. The van der Waals surface area contributed by atoms with Gasteiger partial charge in [-0.3, -0.25) is 9.10 Å². The Morgan fingerprint density at radius 1 is 1.00 bits per heavy atom. The van der Waals surface area contributed by atoms with Gasteiger partial charge in [-0.15, -0.1) is 0 Å². The van der Waals surface area contributed by atoms with Crippen LogP contribution in [0.25, 0.3) is 0 Å². The first-order valence-corrected chi connectivity index (χ1v) is 10.7. The second-order valence-corrected chi connectivity index (χ2v) is 9.23. The fraction of sp³-hybridized carbons (Fsp3) is 0.278. The lowest BCUT2D eigenvalue weighted by molar-refractivity contribution is 0.0989. The van der Waals surface area contributed by atoms with Gasteiger partial charge in [-0.25, -0.2) is 8.42 Å². The Kier molecular flexibility index (Phi) is 3.88. The Hall–Kier alpha value is -1.86. The summed E-state index contributed by atoms with van der Waals surface area (Å²) in [4.78, 5) is 14.8. The molecule has 5 nitrogen and oxygen atoms in total. The summed E-state index contributed by atoms with van der Waals surface area (Å²) in [5.74, 6) is -0.0440.